The van der Waals surface area contributed by atoms with Gasteiger partial charge in [-0.05, 0) is 31.4 Å². The van der Waals surface area contributed by atoms with E-state index in [1.807, 2.05) is 15.9 Å². The van der Waals surface area contributed by atoms with Gasteiger partial charge >= 0.3 is 0 Å². The molecule has 2 aliphatic rings. The molecule has 1 atom stereocenters. The van der Waals surface area contributed by atoms with Crippen LogP contribution in [0.5, 0.6) is 0 Å². The second kappa shape index (κ2) is 6.82. The van der Waals surface area contributed by atoms with Gasteiger partial charge in [0, 0.05) is 50.2 Å². The molecule has 2 saturated heterocycles. The lowest BCUT2D eigenvalue weighted by molar-refractivity contribution is 0.0510. The Balaban J connectivity index is 1.46. The van der Waals surface area contributed by atoms with E-state index in [-0.39, 0.29) is 17.2 Å². The Kier molecular flexibility index (Phi) is 4.36. The fourth-order valence-corrected chi connectivity index (χ4v) is 4.05. The molecule has 2 aliphatic heterocycles. The van der Waals surface area contributed by atoms with Crippen LogP contribution in [-0.4, -0.2) is 62.7 Å². The van der Waals surface area contributed by atoms with E-state index < -0.39 is 0 Å². The van der Waals surface area contributed by atoms with E-state index in [1.165, 1.54) is 12.4 Å². The van der Waals surface area contributed by atoms with Gasteiger partial charge in [-0.2, -0.15) is 0 Å². The van der Waals surface area contributed by atoms with Gasteiger partial charge in [0.2, 0.25) is 0 Å². The number of pyridine rings is 1. The van der Waals surface area contributed by atoms with E-state index in [0.29, 0.717) is 31.0 Å². The minimum absolute atomic E-state index is 0.0272. The van der Waals surface area contributed by atoms with Gasteiger partial charge in [-0.15, -0.1) is 0 Å². The van der Waals surface area contributed by atoms with Crippen molar-refractivity contribution in [2.24, 2.45) is 5.41 Å². The van der Waals surface area contributed by atoms with Crippen LogP contribution in [0.1, 0.15) is 40.2 Å². The molecular formula is C19H21N5O2. The number of carbonyl (C=O) groups excluding carboxylic acids is 2. The monoisotopic (exact) mass is 351 g/mol. The Labute approximate surface area is 152 Å². The second-order valence-corrected chi connectivity index (χ2v) is 7.11. The fourth-order valence-electron chi connectivity index (χ4n) is 4.05. The first-order chi connectivity index (χ1) is 12.7. The van der Waals surface area contributed by atoms with Crippen LogP contribution < -0.4 is 0 Å². The summed E-state index contributed by atoms with van der Waals surface area (Å²) >= 11 is 0. The highest BCUT2D eigenvalue weighted by atomic mass is 16.2. The zero-order chi connectivity index (χ0) is 18.0. The van der Waals surface area contributed by atoms with Crippen molar-refractivity contribution in [3.8, 4) is 0 Å². The Morgan fingerprint density at radius 2 is 1.65 bits per heavy atom. The summed E-state index contributed by atoms with van der Waals surface area (Å²) in [6, 6.07) is 5.38. The summed E-state index contributed by atoms with van der Waals surface area (Å²) < 4.78 is 0. The molecule has 0 aliphatic carbocycles. The van der Waals surface area contributed by atoms with Crippen LogP contribution in [0.15, 0.2) is 43.0 Å². The van der Waals surface area contributed by atoms with Gasteiger partial charge in [0.1, 0.15) is 11.4 Å². The summed E-state index contributed by atoms with van der Waals surface area (Å²) in [4.78, 5) is 41.4. The van der Waals surface area contributed by atoms with Crippen molar-refractivity contribution >= 4 is 11.8 Å². The van der Waals surface area contributed by atoms with E-state index in [1.54, 1.807) is 24.5 Å². The predicted molar refractivity (Wildman–Crippen MR) is 94.4 cm³/mol. The Morgan fingerprint density at radius 1 is 0.885 bits per heavy atom. The molecule has 4 rings (SSSR count). The number of aromatic nitrogens is 3. The third-order valence-electron chi connectivity index (χ3n) is 5.34. The fraction of sp³-hybridized carbons (Fsp3) is 0.421. The molecule has 134 valence electrons. The lowest BCUT2D eigenvalue weighted by atomic mass is 9.79. The van der Waals surface area contributed by atoms with Crippen molar-refractivity contribution in [1.82, 2.24) is 24.8 Å². The first-order valence-corrected chi connectivity index (χ1v) is 8.93. The summed E-state index contributed by atoms with van der Waals surface area (Å²) in [5.41, 5.74) is 0.831. The molecule has 4 heterocycles. The molecule has 7 nitrogen and oxygen atoms in total. The number of hydrogen-bond acceptors (Lipinski definition) is 5. The molecule has 0 N–H and O–H groups in total. The summed E-state index contributed by atoms with van der Waals surface area (Å²) in [6.07, 6.45) is 9.13. The van der Waals surface area contributed by atoms with Crippen LogP contribution in [0.3, 0.4) is 0 Å². The smallest absolute Gasteiger partial charge is 0.274 e. The van der Waals surface area contributed by atoms with Gasteiger partial charge in [0.05, 0.1) is 6.20 Å². The molecule has 0 radical (unpaired) electrons. The Morgan fingerprint density at radius 3 is 2.38 bits per heavy atom. The van der Waals surface area contributed by atoms with Crippen molar-refractivity contribution in [3.05, 3.63) is 54.4 Å². The number of carbonyl (C=O) groups is 2. The molecule has 2 aromatic rings. The summed E-state index contributed by atoms with van der Waals surface area (Å²) in [5, 5.41) is 0. The van der Waals surface area contributed by atoms with E-state index >= 15 is 0 Å². The molecule has 2 fully saturated rings. The summed E-state index contributed by atoms with van der Waals surface area (Å²) in [6.45, 7) is 2.77. The summed E-state index contributed by atoms with van der Waals surface area (Å²) in [7, 11) is 0. The van der Waals surface area contributed by atoms with Crippen molar-refractivity contribution in [2.45, 2.75) is 19.3 Å². The first kappa shape index (κ1) is 16.6. The van der Waals surface area contributed by atoms with E-state index in [4.69, 9.17) is 0 Å². The average Bonchev–Trinajstić information content (AvgIpc) is 3.11. The molecule has 26 heavy (non-hydrogen) atoms. The predicted octanol–water partition coefficient (Wildman–Crippen LogP) is 1.64. The molecule has 0 aromatic carbocycles. The van der Waals surface area contributed by atoms with Crippen molar-refractivity contribution in [3.63, 3.8) is 0 Å². The van der Waals surface area contributed by atoms with Gasteiger partial charge in [0.25, 0.3) is 11.8 Å². The number of piperidine rings is 1. The number of hydrogen-bond donors (Lipinski definition) is 0. The van der Waals surface area contributed by atoms with Crippen LogP contribution in [0.25, 0.3) is 0 Å². The maximum absolute atomic E-state index is 12.7. The molecule has 2 amide bonds. The highest BCUT2D eigenvalue weighted by Crippen LogP contribution is 2.39. The van der Waals surface area contributed by atoms with Crippen LogP contribution in [0, 0.1) is 5.41 Å². The third-order valence-corrected chi connectivity index (χ3v) is 5.34. The molecule has 2 aromatic heterocycles. The van der Waals surface area contributed by atoms with Crippen molar-refractivity contribution in [2.75, 3.05) is 26.2 Å². The van der Waals surface area contributed by atoms with Crippen LogP contribution in [0.4, 0.5) is 0 Å². The van der Waals surface area contributed by atoms with Gasteiger partial charge in [-0.3, -0.25) is 19.6 Å². The van der Waals surface area contributed by atoms with Crippen LogP contribution >= 0.6 is 0 Å². The second-order valence-electron chi connectivity index (χ2n) is 7.11. The average molecular weight is 351 g/mol. The van der Waals surface area contributed by atoms with E-state index in [0.717, 1.165) is 25.8 Å². The van der Waals surface area contributed by atoms with Gasteiger partial charge < -0.3 is 9.80 Å². The molecule has 7 heteroatoms. The molecular weight excluding hydrogens is 330 g/mol. The van der Waals surface area contributed by atoms with Crippen molar-refractivity contribution < 1.29 is 9.59 Å². The number of amides is 2. The minimum atomic E-state index is -0.0772. The third kappa shape index (κ3) is 3.16. The molecule has 1 spiro atoms. The Bertz CT molecular complexity index is 798. The topological polar surface area (TPSA) is 79.3 Å². The van der Waals surface area contributed by atoms with E-state index in [9.17, 15) is 9.59 Å². The lowest BCUT2D eigenvalue weighted by Crippen LogP contribution is -2.48. The largest absolute Gasteiger partial charge is 0.337 e. The quantitative estimate of drug-likeness (QED) is 0.822. The summed E-state index contributed by atoms with van der Waals surface area (Å²) in [5.74, 6) is -0.105. The standard InChI is InChI=1S/C19H21N5O2/c25-17(15-4-1-2-7-21-15)24-11-6-19(14-24)5-3-10-23(13-19)18(26)16-12-20-8-9-22-16/h1-2,4,7-9,12H,3,5-6,10-11,13-14H2/t19-/m1/s1. The highest BCUT2D eigenvalue weighted by Gasteiger charge is 2.44. The maximum Gasteiger partial charge on any atom is 0.274 e. The highest BCUT2D eigenvalue weighted by molar-refractivity contribution is 5.93. The van der Waals surface area contributed by atoms with Crippen molar-refractivity contribution in [1.29, 1.82) is 0 Å². The minimum Gasteiger partial charge on any atom is -0.337 e. The number of nitrogens with zero attached hydrogens (tertiary/aromatic N) is 5. The van der Waals surface area contributed by atoms with E-state index in [2.05, 4.69) is 15.0 Å². The zero-order valence-electron chi connectivity index (χ0n) is 14.5. The number of rotatable bonds is 2. The zero-order valence-corrected chi connectivity index (χ0v) is 14.5. The van der Waals surface area contributed by atoms with Crippen LogP contribution in [0.2, 0.25) is 0 Å². The van der Waals surface area contributed by atoms with Gasteiger partial charge in [0.15, 0.2) is 0 Å². The molecule has 0 saturated carbocycles. The van der Waals surface area contributed by atoms with Crippen LogP contribution in [-0.2, 0) is 0 Å². The number of likely N-dealkylation sites (tertiary alicyclic amines) is 2. The molecule has 0 unspecified atom stereocenters. The van der Waals surface area contributed by atoms with Gasteiger partial charge in [-0.25, -0.2) is 4.98 Å². The maximum atomic E-state index is 12.7. The first-order valence-electron chi connectivity index (χ1n) is 8.93. The molecule has 0 bridgehead atoms. The SMILES string of the molecule is O=C(c1cnccn1)N1CCC[C@@]2(CCN(C(=O)c3ccccn3)C2)C1. The Hall–Kier alpha value is -2.83. The normalized spacial score (nSPS) is 22.6. The lowest BCUT2D eigenvalue weighted by Gasteiger charge is -2.40. The van der Waals surface area contributed by atoms with Gasteiger partial charge in [-0.1, -0.05) is 6.07 Å².